The summed E-state index contributed by atoms with van der Waals surface area (Å²) in [5, 5.41) is 3.00. The molecule has 0 saturated carbocycles. The number of anilines is 2. The Morgan fingerprint density at radius 1 is 1.35 bits per heavy atom. The fraction of sp³-hybridized carbons (Fsp3) is 0.467. The van der Waals surface area contributed by atoms with Crippen LogP contribution in [0.15, 0.2) is 30.5 Å². The number of rotatable bonds is 3. The molecule has 0 spiro atoms. The van der Waals surface area contributed by atoms with Crippen molar-refractivity contribution in [1.82, 2.24) is 4.98 Å². The zero-order valence-corrected chi connectivity index (χ0v) is 11.5. The molecule has 1 amide bonds. The Morgan fingerprint density at radius 2 is 2.15 bits per heavy atom. The Kier molecular flexibility index (Phi) is 3.69. The molecule has 0 bridgehead atoms. The smallest absolute Gasteiger partial charge is 0.231 e. The van der Waals surface area contributed by atoms with Gasteiger partial charge in [-0.2, -0.15) is 0 Å². The highest BCUT2D eigenvalue weighted by Crippen LogP contribution is 2.27. The largest absolute Gasteiger partial charge is 0.355 e. The van der Waals surface area contributed by atoms with Gasteiger partial charge in [0.25, 0.3) is 0 Å². The number of amides is 1. The highest BCUT2D eigenvalue weighted by atomic mass is 16.1. The van der Waals surface area contributed by atoms with E-state index in [4.69, 9.17) is 5.73 Å². The number of aromatic nitrogens is 1. The third-order valence-electron chi connectivity index (χ3n) is 3.90. The van der Waals surface area contributed by atoms with Crippen molar-refractivity contribution in [3.05, 3.63) is 30.5 Å². The van der Waals surface area contributed by atoms with E-state index in [1.165, 1.54) is 12.8 Å². The molecule has 3 N–H and O–H groups in total. The van der Waals surface area contributed by atoms with Crippen molar-refractivity contribution < 1.29 is 4.79 Å². The summed E-state index contributed by atoms with van der Waals surface area (Å²) in [6.45, 7) is 2.02. The van der Waals surface area contributed by atoms with Gasteiger partial charge in [0.1, 0.15) is 0 Å². The third kappa shape index (κ3) is 2.67. The van der Waals surface area contributed by atoms with Crippen LogP contribution in [-0.2, 0) is 4.79 Å². The highest BCUT2D eigenvalue weighted by molar-refractivity contribution is 5.96. The lowest BCUT2D eigenvalue weighted by atomic mass is 10.1. The first-order chi connectivity index (χ1) is 9.74. The summed E-state index contributed by atoms with van der Waals surface area (Å²) < 4.78 is 0. The summed E-state index contributed by atoms with van der Waals surface area (Å²) in [6.07, 6.45) is 8.62. The molecule has 20 heavy (non-hydrogen) atoms. The second-order valence-electron chi connectivity index (χ2n) is 5.45. The number of nitrogens with two attached hydrogens (primary N) is 1. The molecule has 2 atom stereocenters. The van der Waals surface area contributed by atoms with E-state index in [0.29, 0.717) is 6.42 Å². The van der Waals surface area contributed by atoms with Crippen LogP contribution in [0.4, 0.5) is 11.5 Å². The van der Waals surface area contributed by atoms with E-state index in [9.17, 15) is 4.79 Å². The highest BCUT2D eigenvalue weighted by Gasteiger charge is 2.24. The van der Waals surface area contributed by atoms with Gasteiger partial charge in [0.05, 0.1) is 11.6 Å². The number of hydrogen-bond donors (Lipinski definition) is 2. The number of nitrogens with zero attached hydrogens (tertiary/aromatic N) is 2. The summed E-state index contributed by atoms with van der Waals surface area (Å²) in [6, 6.07) is 3.76. The van der Waals surface area contributed by atoms with Crippen molar-refractivity contribution in [2.24, 2.45) is 11.7 Å². The number of carbonyl (C=O) groups is 1. The molecular formula is C15H20N4O. The fourth-order valence-corrected chi connectivity index (χ4v) is 2.82. The van der Waals surface area contributed by atoms with Crippen LogP contribution in [0.2, 0.25) is 0 Å². The summed E-state index contributed by atoms with van der Waals surface area (Å²) in [7, 11) is 0. The molecule has 1 aromatic heterocycles. The van der Waals surface area contributed by atoms with Gasteiger partial charge >= 0.3 is 0 Å². The fourth-order valence-electron chi connectivity index (χ4n) is 2.82. The molecule has 2 heterocycles. The second kappa shape index (κ2) is 5.63. The van der Waals surface area contributed by atoms with Gasteiger partial charge in [0, 0.05) is 25.3 Å². The molecule has 106 valence electrons. The van der Waals surface area contributed by atoms with E-state index in [1.807, 2.05) is 24.3 Å². The zero-order chi connectivity index (χ0) is 13.9. The van der Waals surface area contributed by atoms with Crippen LogP contribution in [0, 0.1) is 5.92 Å². The van der Waals surface area contributed by atoms with Crippen molar-refractivity contribution in [1.29, 1.82) is 0 Å². The zero-order valence-electron chi connectivity index (χ0n) is 11.5. The third-order valence-corrected chi connectivity index (χ3v) is 3.90. The number of hydrogen-bond acceptors (Lipinski definition) is 4. The average Bonchev–Trinajstić information content (AvgIpc) is 3.10. The molecule has 5 heteroatoms. The van der Waals surface area contributed by atoms with Crippen molar-refractivity contribution >= 4 is 17.4 Å². The van der Waals surface area contributed by atoms with E-state index in [0.717, 1.165) is 24.6 Å². The summed E-state index contributed by atoms with van der Waals surface area (Å²) in [4.78, 5) is 18.9. The van der Waals surface area contributed by atoms with Gasteiger partial charge in [-0.25, -0.2) is 4.98 Å². The van der Waals surface area contributed by atoms with E-state index in [2.05, 4.69) is 15.2 Å². The van der Waals surface area contributed by atoms with Crippen molar-refractivity contribution in [3.8, 4) is 0 Å². The van der Waals surface area contributed by atoms with Gasteiger partial charge in [0.2, 0.25) is 5.91 Å². The topological polar surface area (TPSA) is 71.2 Å². The molecule has 3 rings (SSSR count). The molecule has 1 aromatic rings. The molecule has 1 aliphatic heterocycles. The first-order valence-electron chi connectivity index (χ1n) is 7.19. The first-order valence-corrected chi connectivity index (χ1v) is 7.19. The van der Waals surface area contributed by atoms with Gasteiger partial charge in [-0.1, -0.05) is 12.2 Å². The van der Waals surface area contributed by atoms with Crippen LogP contribution < -0.4 is 16.0 Å². The predicted octanol–water partition coefficient (Wildman–Crippen LogP) is 1.52. The van der Waals surface area contributed by atoms with Crippen LogP contribution >= 0.6 is 0 Å². The molecule has 0 radical (unpaired) electrons. The molecule has 1 saturated heterocycles. The maximum Gasteiger partial charge on any atom is 0.231 e. The van der Waals surface area contributed by atoms with Crippen molar-refractivity contribution in [2.45, 2.75) is 25.3 Å². The Labute approximate surface area is 118 Å². The molecule has 2 aliphatic rings. The summed E-state index contributed by atoms with van der Waals surface area (Å²) in [5.74, 6) is 0.754. The van der Waals surface area contributed by atoms with E-state index in [-0.39, 0.29) is 17.9 Å². The number of pyridine rings is 1. The maximum absolute atomic E-state index is 12.3. The maximum atomic E-state index is 12.3. The van der Waals surface area contributed by atoms with Gasteiger partial charge in [0.15, 0.2) is 5.82 Å². The lowest BCUT2D eigenvalue weighted by Gasteiger charge is -2.20. The first kappa shape index (κ1) is 13.1. The predicted molar refractivity (Wildman–Crippen MR) is 79.5 cm³/mol. The van der Waals surface area contributed by atoms with Crippen LogP contribution in [0.1, 0.15) is 19.3 Å². The van der Waals surface area contributed by atoms with Crippen molar-refractivity contribution in [3.63, 3.8) is 0 Å². The lowest BCUT2D eigenvalue weighted by Crippen LogP contribution is -2.26. The van der Waals surface area contributed by atoms with E-state index >= 15 is 0 Å². The van der Waals surface area contributed by atoms with Crippen LogP contribution in [0.3, 0.4) is 0 Å². The summed E-state index contributed by atoms with van der Waals surface area (Å²) in [5.41, 5.74) is 6.60. The molecule has 5 nitrogen and oxygen atoms in total. The number of nitrogens with one attached hydrogen (secondary N) is 1. The molecule has 0 aromatic carbocycles. The Balaban J connectivity index is 1.73. The Morgan fingerprint density at radius 3 is 2.85 bits per heavy atom. The minimum atomic E-state index is -0.128. The Bertz CT molecular complexity index is 522. The quantitative estimate of drug-likeness (QED) is 0.818. The van der Waals surface area contributed by atoms with Crippen molar-refractivity contribution in [2.75, 3.05) is 23.3 Å². The van der Waals surface area contributed by atoms with Gasteiger partial charge in [-0.05, 0) is 31.4 Å². The van der Waals surface area contributed by atoms with Gasteiger partial charge < -0.3 is 16.0 Å². The van der Waals surface area contributed by atoms with Gasteiger partial charge in [-0.3, -0.25) is 4.79 Å². The minimum Gasteiger partial charge on any atom is -0.355 e. The van der Waals surface area contributed by atoms with Gasteiger partial charge in [-0.15, -0.1) is 0 Å². The van der Waals surface area contributed by atoms with E-state index in [1.54, 1.807) is 6.20 Å². The average molecular weight is 272 g/mol. The minimum absolute atomic E-state index is 0.00213. The standard InChI is InChI=1S/C15H20N4O/c16-12-6-5-11(10-12)15(20)18-13-4-3-7-17-14(13)19-8-1-2-9-19/h3-7,11-12H,1-2,8-10,16H2,(H,18,20). The SMILES string of the molecule is NC1C=CC(C(=O)Nc2cccnc2N2CCCC2)C1. The molecule has 1 fully saturated rings. The Hall–Kier alpha value is -1.88. The lowest BCUT2D eigenvalue weighted by molar-refractivity contribution is -0.118. The van der Waals surface area contributed by atoms with Crippen LogP contribution in [0.5, 0.6) is 0 Å². The number of carbonyl (C=O) groups excluding carboxylic acids is 1. The summed E-state index contributed by atoms with van der Waals surface area (Å²) >= 11 is 0. The normalized spacial score (nSPS) is 25.1. The molecular weight excluding hydrogens is 252 g/mol. The molecule has 2 unspecified atom stereocenters. The van der Waals surface area contributed by atoms with Crippen LogP contribution in [-0.4, -0.2) is 30.0 Å². The van der Waals surface area contributed by atoms with Crippen LogP contribution in [0.25, 0.3) is 0 Å². The van der Waals surface area contributed by atoms with E-state index < -0.39 is 0 Å². The molecule has 1 aliphatic carbocycles. The monoisotopic (exact) mass is 272 g/mol. The second-order valence-corrected chi connectivity index (χ2v) is 5.45.